The second kappa shape index (κ2) is 11.5. The quantitative estimate of drug-likeness (QED) is 0.595. The van der Waals surface area contributed by atoms with Gasteiger partial charge in [-0.15, -0.1) is 0 Å². The third-order valence-electron chi connectivity index (χ3n) is 2.38. The fourth-order valence-electron chi connectivity index (χ4n) is 1.41. The minimum atomic E-state index is -0.0756. The third kappa shape index (κ3) is 7.43. The van der Waals surface area contributed by atoms with Crippen LogP contribution in [0.4, 0.5) is 0 Å². The molecule has 7 heteroatoms. The fourth-order valence-corrected chi connectivity index (χ4v) is 1.41. The second-order valence-electron chi connectivity index (χ2n) is 3.87. The molecule has 0 unspecified atom stereocenters. The summed E-state index contributed by atoms with van der Waals surface area (Å²) < 4.78 is 0. The van der Waals surface area contributed by atoms with Crippen LogP contribution in [0.15, 0.2) is 36.4 Å². The molecule has 0 bridgehead atoms. The van der Waals surface area contributed by atoms with E-state index in [1.165, 1.54) is 0 Å². The summed E-state index contributed by atoms with van der Waals surface area (Å²) in [5.41, 5.74) is 2.36. The van der Waals surface area contributed by atoms with Crippen molar-refractivity contribution in [3.05, 3.63) is 59.2 Å². The topological polar surface area (TPSA) is 107 Å². The molecule has 0 aromatic carbocycles. The Bertz CT molecular complexity index is 440. The van der Waals surface area contributed by atoms with Crippen LogP contribution in [0.2, 0.25) is 0 Å². The van der Waals surface area contributed by atoms with Gasteiger partial charge in [0, 0.05) is 21.7 Å². The maximum Gasteiger partial charge on any atom is 0.0853 e. The number of nitrogens with zero attached hydrogens (tertiary/aromatic N) is 2. The number of rotatable bonds is 4. The van der Waals surface area contributed by atoms with Gasteiger partial charge in [0.25, 0.3) is 0 Å². The van der Waals surface area contributed by atoms with Gasteiger partial charge < -0.3 is 20.4 Å². The van der Waals surface area contributed by atoms with E-state index in [-0.39, 0.29) is 48.1 Å². The molecular formula is C14H18N2O4Ti. The van der Waals surface area contributed by atoms with Crippen LogP contribution in [0.25, 0.3) is 0 Å². The summed E-state index contributed by atoms with van der Waals surface area (Å²) in [5.74, 6) is 0. The Labute approximate surface area is 138 Å². The number of pyridine rings is 2. The van der Waals surface area contributed by atoms with Crippen LogP contribution in [0.3, 0.4) is 0 Å². The van der Waals surface area contributed by atoms with Crippen molar-refractivity contribution in [3.63, 3.8) is 0 Å². The third-order valence-corrected chi connectivity index (χ3v) is 2.38. The molecule has 0 aliphatic heterocycles. The Hall–Kier alpha value is -1.15. The maximum absolute atomic E-state index is 8.61. The standard InChI is InChI=1S/2C7H9NO2.Ti/c2*9-4-6-2-1-3-7(5-10)8-6;/h2*1-3,9-10H,4-5H2;. The van der Waals surface area contributed by atoms with Gasteiger partial charge in [-0.25, -0.2) is 0 Å². The van der Waals surface area contributed by atoms with Crippen molar-refractivity contribution < 1.29 is 42.1 Å². The zero-order valence-corrected chi connectivity index (χ0v) is 13.0. The summed E-state index contributed by atoms with van der Waals surface area (Å²) in [6, 6.07) is 10.3. The van der Waals surface area contributed by atoms with Gasteiger partial charge in [0.1, 0.15) is 0 Å². The first-order valence-corrected chi connectivity index (χ1v) is 6.06. The first-order chi connectivity index (χ1) is 9.73. The molecule has 2 aromatic rings. The van der Waals surface area contributed by atoms with Gasteiger partial charge in [0.15, 0.2) is 0 Å². The molecule has 0 saturated carbocycles. The van der Waals surface area contributed by atoms with Crippen LogP contribution < -0.4 is 0 Å². The van der Waals surface area contributed by atoms with Gasteiger partial charge in [0.05, 0.1) is 49.2 Å². The molecule has 21 heavy (non-hydrogen) atoms. The number of hydrogen-bond acceptors (Lipinski definition) is 6. The van der Waals surface area contributed by atoms with Crippen molar-refractivity contribution in [2.45, 2.75) is 26.4 Å². The zero-order chi connectivity index (χ0) is 14.8. The first-order valence-electron chi connectivity index (χ1n) is 6.06. The predicted octanol–water partition coefficient (Wildman–Crippen LogP) is 0.130. The molecule has 6 nitrogen and oxygen atoms in total. The average Bonchev–Trinajstić information content (AvgIpc) is 2.55. The van der Waals surface area contributed by atoms with Gasteiger partial charge in [-0.1, -0.05) is 12.1 Å². The average molecular weight is 326 g/mol. The summed E-state index contributed by atoms with van der Waals surface area (Å²) in [4.78, 5) is 7.82. The monoisotopic (exact) mass is 326 g/mol. The van der Waals surface area contributed by atoms with E-state index >= 15 is 0 Å². The Morgan fingerprint density at radius 2 is 0.810 bits per heavy atom. The van der Waals surface area contributed by atoms with Crippen LogP contribution >= 0.6 is 0 Å². The van der Waals surface area contributed by atoms with Crippen molar-refractivity contribution in [2.24, 2.45) is 0 Å². The summed E-state index contributed by atoms with van der Waals surface area (Å²) in [6.07, 6.45) is 0. The molecule has 0 spiro atoms. The van der Waals surface area contributed by atoms with E-state index in [1.54, 1.807) is 36.4 Å². The molecule has 4 N–H and O–H groups in total. The van der Waals surface area contributed by atoms with Gasteiger partial charge in [0.2, 0.25) is 0 Å². The minimum absolute atomic E-state index is 0. The van der Waals surface area contributed by atoms with E-state index in [4.69, 9.17) is 20.4 Å². The van der Waals surface area contributed by atoms with Crippen molar-refractivity contribution in [1.29, 1.82) is 0 Å². The number of aliphatic hydroxyl groups excluding tert-OH is 4. The molecule has 0 aliphatic carbocycles. The van der Waals surface area contributed by atoms with Crippen LogP contribution in [0.1, 0.15) is 22.8 Å². The van der Waals surface area contributed by atoms with E-state index < -0.39 is 0 Å². The van der Waals surface area contributed by atoms with Crippen molar-refractivity contribution >= 4 is 0 Å². The van der Waals surface area contributed by atoms with Gasteiger partial charge in [-0.2, -0.15) is 0 Å². The molecule has 112 valence electrons. The molecule has 0 atom stereocenters. The van der Waals surface area contributed by atoms with Gasteiger partial charge >= 0.3 is 0 Å². The number of aromatic nitrogens is 2. The molecule has 0 saturated heterocycles. The maximum atomic E-state index is 8.61. The molecule has 2 aromatic heterocycles. The SMILES string of the molecule is OCc1cccc(CO)n1.OCc1cccc(CO)n1.[Ti]. The van der Waals surface area contributed by atoms with E-state index in [2.05, 4.69) is 9.97 Å². The Kier molecular flexibility index (Phi) is 10.9. The molecule has 2 rings (SSSR count). The summed E-state index contributed by atoms with van der Waals surface area (Å²) in [7, 11) is 0. The fraction of sp³-hybridized carbons (Fsp3) is 0.286. The largest absolute Gasteiger partial charge is 0.390 e. The van der Waals surface area contributed by atoms with Gasteiger partial charge in [-0.05, 0) is 24.3 Å². The van der Waals surface area contributed by atoms with E-state index in [9.17, 15) is 0 Å². The minimum Gasteiger partial charge on any atom is -0.390 e. The van der Waals surface area contributed by atoms with Crippen molar-refractivity contribution in [3.8, 4) is 0 Å². The Balaban J connectivity index is 0.000000364. The normalized spacial score (nSPS) is 9.33. The first kappa shape index (κ1) is 19.9. The molecule has 2 heterocycles. The van der Waals surface area contributed by atoms with Crippen LogP contribution in [-0.4, -0.2) is 30.4 Å². The van der Waals surface area contributed by atoms with Crippen LogP contribution in [-0.2, 0) is 48.1 Å². The van der Waals surface area contributed by atoms with Crippen molar-refractivity contribution in [1.82, 2.24) is 9.97 Å². The van der Waals surface area contributed by atoms with E-state index in [1.807, 2.05) is 0 Å². The summed E-state index contributed by atoms with van der Waals surface area (Å²) in [5, 5.41) is 34.5. The zero-order valence-electron chi connectivity index (χ0n) is 11.5. The Morgan fingerprint density at radius 3 is 1.00 bits per heavy atom. The van der Waals surface area contributed by atoms with Gasteiger partial charge in [-0.3, -0.25) is 9.97 Å². The Morgan fingerprint density at radius 1 is 0.571 bits per heavy atom. The molecule has 0 amide bonds. The number of aliphatic hydroxyl groups is 4. The second-order valence-corrected chi connectivity index (χ2v) is 3.87. The summed E-state index contributed by atoms with van der Waals surface area (Å²) in [6.45, 7) is -0.302. The molecule has 0 radical (unpaired) electrons. The smallest absolute Gasteiger partial charge is 0.0853 e. The van der Waals surface area contributed by atoms with Crippen LogP contribution in [0.5, 0.6) is 0 Å². The molecular weight excluding hydrogens is 308 g/mol. The summed E-state index contributed by atoms with van der Waals surface area (Å²) >= 11 is 0. The molecule has 0 fully saturated rings. The molecule has 0 aliphatic rings. The van der Waals surface area contributed by atoms with Crippen LogP contribution in [0, 0.1) is 0 Å². The van der Waals surface area contributed by atoms with Crippen molar-refractivity contribution in [2.75, 3.05) is 0 Å². The van der Waals surface area contributed by atoms with E-state index in [0.29, 0.717) is 22.8 Å². The predicted molar refractivity (Wildman–Crippen MR) is 72.2 cm³/mol. The van der Waals surface area contributed by atoms with E-state index in [0.717, 1.165) is 0 Å². The number of hydrogen-bond donors (Lipinski definition) is 4.